The van der Waals surface area contributed by atoms with Gasteiger partial charge in [0.1, 0.15) is 0 Å². The second-order valence-corrected chi connectivity index (χ2v) is 10.4. The molecular weight excluding hydrogens is 352 g/mol. The van der Waals surface area contributed by atoms with Crippen LogP contribution in [0, 0.1) is 40.4 Å². The first-order valence-corrected chi connectivity index (χ1v) is 10.8. The topological polar surface area (TPSA) is 60.4 Å². The van der Waals surface area contributed by atoms with Crippen LogP contribution in [0.5, 0.6) is 0 Å². The van der Waals surface area contributed by atoms with Crippen molar-refractivity contribution in [2.45, 2.75) is 65.4 Å². The van der Waals surface area contributed by atoms with Gasteiger partial charge >= 0.3 is 5.97 Å². The summed E-state index contributed by atoms with van der Waals surface area (Å²) in [6, 6.07) is 0. The lowest BCUT2D eigenvalue weighted by molar-refractivity contribution is -0.185. The second kappa shape index (κ2) is 5.46. The highest BCUT2D eigenvalue weighted by atomic mass is 16.6. The quantitative estimate of drug-likeness (QED) is 0.676. The molecule has 5 aliphatic carbocycles. The molecule has 0 saturated heterocycles. The summed E-state index contributed by atoms with van der Waals surface area (Å²) in [6.45, 7) is 7.55. The molecule has 0 aromatic rings. The van der Waals surface area contributed by atoms with E-state index in [0.29, 0.717) is 35.9 Å². The summed E-state index contributed by atoms with van der Waals surface area (Å²) in [5.41, 5.74) is -0.00957. The molecule has 5 aliphatic rings. The van der Waals surface area contributed by atoms with Gasteiger partial charge in [0.15, 0.2) is 17.2 Å². The Morgan fingerprint density at radius 1 is 1.07 bits per heavy atom. The predicted molar refractivity (Wildman–Crippen MR) is 104 cm³/mol. The van der Waals surface area contributed by atoms with Crippen LogP contribution >= 0.6 is 0 Å². The molecule has 5 rings (SSSR count). The van der Waals surface area contributed by atoms with E-state index in [2.05, 4.69) is 26.0 Å². The van der Waals surface area contributed by atoms with Crippen molar-refractivity contribution in [3.8, 4) is 0 Å². The van der Waals surface area contributed by atoms with Crippen molar-refractivity contribution in [3.63, 3.8) is 0 Å². The summed E-state index contributed by atoms with van der Waals surface area (Å²) in [5, 5.41) is 0. The highest BCUT2D eigenvalue weighted by molar-refractivity contribution is 5.97. The minimum absolute atomic E-state index is 0.0109. The number of carbonyl (C=O) groups excluding carboxylic acids is 3. The van der Waals surface area contributed by atoms with Gasteiger partial charge in [-0.25, -0.2) is 0 Å². The van der Waals surface area contributed by atoms with Gasteiger partial charge < -0.3 is 4.74 Å². The maximum Gasteiger partial charge on any atom is 0.303 e. The maximum atomic E-state index is 12.8. The predicted octanol–water partition coefficient (Wildman–Crippen LogP) is 4.04. The Labute approximate surface area is 166 Å². The van der Waals surface area contributed by atoms with Gasteiger partial charge in [-0.15, -0.1) is 0 Å². The molecule has 0 aromatic heterocycles. The molecular formula is C24H30O4. The van der Waals surface area contributed by atoms with Crippen LogP contribution in [0.4, 0.5) is 0 Å². The van der Waals surface area contributed by atoms with Gasteiger partial charge in [0.2, 0.25) is 0 Å². The highest BCUT2D eigenvalue weighted by Gasteiger charge is 2.69. The average Bonchev–Trinajstić information content (AvgIpc) is 3.37. The number of hydrogen-bond acceptors (Lipinski definition) is 4. The third-order valence-corrected chi connectivity index (χ3v) is 9.45. The van der Waals surface area contributed by atoms with Crippen LogP contribution in [-0.4, -0.2) is 23.1 Å². The van der Waals surface area contributed by atoms with Crippen LogP contribution in [0.3, 0.4) is 0 Å². The monoisotopic (exact) mass is 382 g/mol. The van der Waals surface area contributed by atoms with Gasteiger partial charge in [-0.2, -0.15) is 0 Å². The van der Waals surface area contributed by atoms with E-state index in [4.69, 9.17) is 4.74 Å². The van der Waals surface area contributed by atoms with Crippen LogP contribution < -0.4 is 0 Å². The van der Waals surface area contributed by atoms with Gasteiger partial charge in [0, 0.05) is 18.3 Å². The fourth-order valence-corrected chi connectivity index (χ4v) is 7.96. The van der Waals surface area contributed by atoms with Crippen LogP contribution in [-0.2, 0) is 19.1 Å². The van der Waals surface area contributed by atoms with Crippen molar-refractivity contribution in [2.75, 3.05) is 0 Å². The smallest absolute Gasteiger partial charge is 0.303 e. The van der Waals surface area contributed by atoms with Gasteiger partial charge in [-0.3, -0.25) is 14.4 Å². The Hall–Kier alpha value is -1.71. The number of carbonyl (C=O) groups is 3. The van der Waals surface area contributed by atoms with Gasteiger partial charge in [0.05, 0.1) is 0 Å². The SMILES string of the molecule is CC(=O)O[C@]1(C(C)=O)CC[C@H]2[C@H]3C=CC4=CC(=O)[C@@H]5C[C@@H]5[C@]4(C)[C@@H]3CC[C@@]21C. The highest BCUT2D eigenvalue weighted by Crippen LogP contribution is 2.71. The van der Waals surface area contributed by atoms with Gasteiger partial charge in [-0.05, 0) is 79.8 Å². The minimum atomic E-state index is -0.982. The third kappa shape index (κ3) is 1.99. The molecule has 28 heavy (non-hydrogen) atoms. The Morgan fingerprint density at radius 2 is 1.79 bits per heavy atom. The van der Waals surface area contributed by atoms with E-state index in [1.54, 1.807) is 6.92 Å². The first-order chi connectivity index (χ1) is 13.1. The minimum Gasteiger partial charge on any atom is -0.451 e. The average molecular weight is 383 g/mol. The summed E-state index contributed by atoms with van der Waals surface area (Å²) < 4.78 is 5.82. The molecule has 0 aliphatic heterocycles. The standard InChI is InChI=1S/C24H30O4/c1-13(25)24(28-14(2)26)10-8-18-16-6-5-15-11-21(27)17-12-20(17)23(15,4)19(16)7-9-22(18,24)3/h5-6,11,16-20H,7-10,12H2,1-4H3/t16-,17-,18+,19-,20+,22+,23+,24+/m1/s1. The maximum absolute atomic E-state index is 12.8. The lowest BCUT2D eigenvalue weighted by atomic mass is 9.47. The Morgan fingerprint density at radius 3 is 2.46 bits per heavy atom. The molecule has 0 bridgehead atoms. The molecule has 0 radical (unpaired) electrons. The fourth-order valence-electron chi connectivity index (χ4n) is 7.96. The third-order valence-electron chi connectivity index (χ3n) is 9.45. The summed E-state index contributed by atoms with van der Waals surface area (Å²) in [7, 11) is 0. The molecule has 0 aromatic carbocycles. The van der Waals surface area contributed by atoms with Crippen molar-refractivity contribution >= 4 is 17.5 Å². The summed E-state index contributed by atoms with van der Waals surface area (Å²) in [4.78, 5) is 37.0. The molecule has 4 nitrogen and oxygen atoms in total. The molecule has 0 amide bonds. The number of fused-ring (bicyclic) bond motifs is 7. The molecule has 0 spiro atoms. The zero-order valence-corrected chi connectivity index (χ0v) is 17.3. The zero-order chi connectivity index (χ0) is 20.1. The lowest BCUT2D eigenvalue weighted by Crippen LogP contribution is -2.58. The molecule has 0 heterocycles. The van der Waals surface area contributed by atoms with Crippen molar-refractivity contribution < 1.29 is 19.1 Å². The van der Waals surface area contributed by atoms with Crippen LogP contribution in [0.25, 0.3) is 0 Å². The normalized spacial score (nSPS) is 50.6. The number of allylic oxidation sites excluding steroid dienone is 4. The first-order valence-electron chi connectivity index (χ1n) is 10.8. The summed E-state index contributed by atoms with van der Waals surface area (Å²) in [6.07, 6.45) is 10.9. The molecule has 4 heteroatoms. The van der Waals surface area contributed by atoms with E-state index in [1.165, 1.54) is 12.5 Å². The van der Waals surface area contributed by atoms with Crippen molar-refractivity contribution in [1.29, 1.82) is 0 Å². The number of esters is 1. The number of rotatable bonds is 2. The van der Waals surface area contributed by atoms with E-state index in [1.807, 2.05) is 6.08 Å². The number of ketones is 2. The van der Waals surface area contributed by atoms with E-state index in [-0.39, 0.29) is 28.5 Å². The Bertz CT molecular complexity index is 853. The Balaban J connectivity index is 1.56. The van der Waals surface area contributed by atoms with E-state index in [0.717, 1.165) is 25.7 Å². The molecule has 0 N–H and O–H groups in total. The van der Waals surface area contributed by atoms with Crippen LogP contribution in [0.2, 0.25) is 0 Å². The summed E-state index contributed by atoms with van der Waals surface area (Å²) >= 11 is 0. The van der Waals surface area contributed by atoms with Gasteiger partial charge in [-0.1, -0.05) is 26.0 Å². The molecule has 8 atom stereocenters. The lowest BCUT2D eigenvalue weighted by Gasteiger charge is -2.57. The second-order valence-electron chi connectivity index (χ2n) is 10.4. The first kappa shape index (κ1) is 18.3. The van der Waals surface area contributed by atoms with Crippen LogP contribution in [0.15, 0.2) is 23.8 Å². The van der Waals surface area contributed by atoms with E-state index in [9.17, 15) is 14.4 Å². The number of Topliss-reactive ketones (excluding diaryl/α,β-unsaturated/α-hetero) is 1. The summed E-state index contributed by atoms with van der Waals surface area (Å²) in [5.74, 6) is 1.87. The Kier molecular flexibility index (Phi) is 3.57. The van der Waals surface area contributed by atoms with E-state index < -0.39 is 5.60 Å². The fraction of sp³-hybridized carbons (Fsp3) is 0.708. The molecule has 150 valence electrons. The van der Waals surface area contributed by atoms with Crippen molar-refractivity contribution in [1.82, 2.24) is 0 Å². The zero-order valence-electron chi connectivity index (χ0n) is 17.3. The number of ether oxygens (including phenoxy) is 1. The van der Waals surface area contributed by atoms with E-state index >= 15 is 0 Å². The number of hydrogen-bond donors (Lipinski definition) is 0. The van der Waals surface area contributed by atoms with Crippen LogP contribution in [0.1, 0.15) is 59.8 Å². The van der Waals surface area contributed by atoms with Crippen molar-refractivity contribution in [3.05, 3.63) is 23.8 Å². The van der Waals surface area contributed by atoms with Gasteiger partial charge in [0.25, 0.3) is 0 Å². The molecule has 0 unspecified atom stereocenters. The largest absolute Gasteiger partial charge is 0.451 e. The molecule has 3 fully saturated rings. The molecule has 3 saturated carbocycles. The van der Waals surface area contributed by atoms with Crippen molar-refractivity contribution in [2.24, 2.45) is 40.4 Å².